The first-order chi connectivity index (χ1) is 15.2. The number of halogens is 8. The standard InChI is InChI=1S/C21H17F8N3O/c1-10-6-11(2-5-15(10)30)9-31-16-8-14(22)13(19(23,20(24,25)26)21(27,28)29)7-17(16)32(18(31)33)12-3-4-12/h2,5-8,12H,3-4,9,30H2,1H3. The Hall–Kier alpha value is -3.05. The lowest BCUT2D eigenvalue weighted by Crippen LogP contribution is -2.51. The van der Waals surface area contributed by atoms with Crippen LogP contribution in [0.25, 0.3) is 11.0 Å². The molecule has 0 bridgehead atoms. The minimum atomic E-state index is -6.48. The Morgan fingerprint density at radius 2 is 1.58 bits per heavy atom. The van der Waals surface area contributed by atoms with E-state index in [4.69, 9.17) is 5.73 Å². The lowest BCUT2D eigenvalue weighted by Gasteiger charge is -2.30. The van der Waals surface area contributed by atoms with Crippen LogP contribution in [0.5, 0.6) is 0 Å². The van der Waals surface area contributed by atoms with Gasteiger partial charge in [-0.3, -0.25) is 9.13 Å². The molecule has 1 aliphatic rings. The highest BCUT2D eigenvalue weighted by atomic mass is 19.4. The maximum absolute atomic E-state index is 14.7. The van der Waals surface area contributed by atoms with Crippen LogP contribution >= 0.6 is 0 Å². The minimum Gasteiger partial charge on any atom is -0.399 e. The molecule has 2 N–H and O–H groups in total. The van der Waals surface area contributed by atoms with Gasteiger partial charge in [-0.1, -0.05) is 12.1 Å². The van der Waals surface area contributed by atoms with E-state index in [0.717, 1.165) is 9.13 Å². The first-order valence-electron chi connectivity index (χ1n) is 9.79. The van der Waals surface area contributed by atoms with E-state index in [2.05, 4.69) is 0 Å². The monoisotopic (exact) mass is 479 g/mol. The molecule has 3 aromatic rings. The van der Waals surface area contributed by atoms with Gasteiger partial charge in [-0.05, 0) is 43.0 Å². The fourth-order valence-electron chi connectivity index (χ4n) is 3.88. The fourth-order valence-corrected chi connectivity index (χ4v) is 3.88. The number of hydrogen-bond acceptors (Lipinski definition) is 2. The summed E-state index contributed by atoms with van der Waals surface area (Å²) < 4.78 is 111. The molecule has 33 heavy (non-hydrogen) atoms. The van der Waals surface area contributed by atoms with Crippen LogP contribution in [0.4, 0.5) is 40.8 Å². The Balaban J connectivity index is 1.97. The number of aromatic nitrogens is 2. The average molecular weight is 479 g/mol. The van der Waals surface area contributed by atoms with Gasteiger partial charge in [0.1, 0.15) is 5.82 Å². The van der Waals surface area contributed by atoms with Crippen LogP contribution in [-0.2, 0) is 12.2 Å². The van der Waals surface area contributed by atoms with Crippen molar-refractivity contribution in [2.24, 2.45) is 0 Å². The summed E-state index contributed by atoms with van der Waals surface area (Å²) in [4.78, 5) is 13.0. The zero-order valence-electron chi connectivity index (χ0n) is 17.0. The van der Waals surface area contributed by atoms with Crippen molar-refractivity contribution < 1.29 is 35.1 Å². The molecule has 1 aromatic heterocycles. The van der Waals surface area contributed by atoms with Crippen molar-refractivity contribution in [2.75, 3.05) is 5.73 Å². The van der Waals surface area contributed by atoms with Gasteiger partial charge in [-0.2, -0.15) is 26.3 Å². The highest BCUT2D eigenvalue weighted by molar-refractivity contribution is 5.78. The summed E-state index contributed by atoms with van der Waals surface area (Å²) in [5.74, 6) is -2.06. The number of nitrogens with zero attached hydrogens (tertiary/aromatic N) is 2. The second-order valence-corrected chi connectivity index (χ2v) is 8.14. The summed E-state index contributed by atoms with van der Waals surface area (Å²) >= 11 is 0. The first kappa shape index (κ1) is 23.1. The van der Waals surface area contributed by atoms with Gasteiger partial charge in [-0.25, -0.2) is 13.6 Å². The van der Waals surface area contributed by atoms with Crippen LogP contribution in [-0.4, -0.2) is 21.5 Å². The molecule has 1 saturated carbocycles. The van der Waals surface area contributed by atoms with E-state index >= 15 is 0 Å². The van der Waals surface area contributed by atoms with Crippen LogP contribution in [0, 0.1) is 12.7 Å². The second-order valence-electron chi connectivity index (χ2n) is 8.14. The number of anilines is 1. The molecule has 1 heterocycles. The quantitative estimate of drug-likeness (QED) is 0.397. The van der Waals surface area contributed by atoms with Gasteiger partial charge in [0.25, 0.3) is 0 Å². The Bertz CT molecular complexity index is 1280. The van der Waals surface area contributed by atoms with Gasteiger partial charge in [0.05, 0.1) is 17.6 Å². The molecule has 0 spiro atoms. The molecule has 0 amide bonds. The largest absolute Gasteiger partial charge is 0.436 e. The van der Waals surface area contributed by atoms with E-state index in [1.54, 1.807) is 25.1 Å². The van der Waals surface area contributed by atoms with Crippen molar-refractivity contribution in [2.45, 2.75) is 50.4 Å². The maximum Gasteiger partial charge on any atom is 0.436 e. The third kappa shape index (κ3) is 3.55. The Kier molecular flexibility index (Phi) is 5.06. The van der Waals surface area contributed by atoms with E-state index in [0.29, 0.717) is 35.7 Å². The number of imidazole rings is 1. The number of benzene rings is 2. The number of alkyl halides is 7. The van der Waals surface area contributed by atoms with Crippen LogP contribution < -0.4 is 11.4 Å². The Morgan fingerprint density at radius 3 is 2.09 bits per heavy atom. The molecule has 0 atom stereocenters. The fraction of sp³-hybridized carbons (Fsp3) is 0.381. The van der Waals surface area contributed by atoms with E-state index in [-0.39, 0.29) is 18.1 Å². The summed E-state index contributed by atoms with van der Waals surface area (Å²) in [6, 6.07) is 4.81. The number of aryl methyl sites for hydroxylation is 1. The molecule has 2 aromatic carbocycles. The highest BCUT2D eigenvalue weighted by Gasteiger charge is 2.74. The van der Waals surface area contributed by atoms with Gasteiger partial charge in [-0.15, -0.1) is 0 Å². The predicted octanol–water partition coefficient (Wildman–Crippen LogP) is 5.51. The van der Waals surface area contributed by atoms with E-state index < -0.39 is 46.7 Å². The highest BCUT2D eigenvalue weighted by Crippen LogP contribution is 2.54. The van der Waals surface area contributed by atoms with Crippen molar-refractivity contribution in [3.8, 4) is 0 Å². The zero-order chi connectivity index (χ0) is 24.5. The van der Waals surface area contributed by atoms with Gasteiger partial charge in [0.15, 0.2) is 0 Å². The average Bonchev–Trinajstić information content (AvgIpc) is 3.48. The molecule has 0 aliphatic heterocycles. The molecular formula is C21H17F8N3O. The predicted molar refractivity (Wildman–Crippen MR) is 104 cm³/mol. The number of nitrogen functional groups attached to an aromatic ring is 1. The van der Waals surface area contributed by atoms with Crippen LogP contribution in [0.1, 0.15) is 35.6 Å². The van der Waals surface area contributed by atoms with E-state index in [1.807, 2.05) is 0 Å². The molecule has 4 nitrogen and oxygen atoms in total. The zero-order valence-corrected chi connectivity index (χ0v) is 17.0. The van der Waals surface area contributed by atoms with Crippen molar-refractivity contribution >= 4 is 16.7 Å². The summed E-state index contributed by atoms with van der Waals surface area (Å²) in [6.07, 6.45) is -12.1. The normalized spacial score (nSPS) is 15.4. The van der Waals surface area contributed by atoms with Gasteiger partial charge in [0, 0.05) is 23.4 Å². The summed E-state index contributed by atoms with van der Waals surface area (Å²) in [5, 5.41) is 0. The molecular weight excluding hydrogens is 462 g/mol. The number of nitrogens with two attached hydrogens (primary N) is 1. The number of hydrogen-bond donors (Lipinski definition) is 1. The molecule has 12 heteroatoms. The van der Waals surface area contributed by atoms with Crippen molar-refractivity contribution in [3.05, 3.63) is 63.3 Å². The van der Waals surface area contributed by atoms with Gasteiger partial charge < -0.3 is 5.73 Å². The van der Waals surface area contributed by atoms with Crippen LogP contribution in [0.15, 0.2) is 35.1 Å². The first-order valence-corrected chi connectivity index (χ1v) is 9.79. The molecule has 1 fully saturated rings. The van der Waals surface area contributed by atoms with Crippen LogP contribution in [0.2, 0.25) is 0 Å². The molecule has 1 aliphatic carbocycles. The van der Waals surface area contributed by atoms with Gasteiger partial charge >= 0.3 is 23.7 Å². The Labute approximate surface area is 181 Å². The van der Waals surface area contributed by atoms with Crippen molar-refractivity contribution in [3.63, 3.8) is 0 Å². The minimum absolute atomic E-state index is 0.145. The van der Waals surface area contributed by atoms with E-state index in [1.165, 1.54) is 0 Å². The topological polar surface area (TPSA) is 53.0 Å². The van der Waals surface area contributed by atoms with Gasteiger partial charge in [0.2, 0.25) is 0 Å². The molecule has 4 rings (SSSR count). The lowest BCUT2D eigenvalue weighted by molar-refractivity contribution is -0.349. The smallest absolute Gasteiger partial charge is 0.399 e. The van der Waals surface area contributed by atoms with Crippen LogP contribution in [0.3, 0.4) is 0 Å². The summed E-state index contributed by atoms with van der Waals surface area (Å²) in [6.45, 7) is 1.56. The summed E-state index contributed by atoms with van der Waals surface area (Å²) in [5.41, 5.74) is -2.11. The second kappa shape index (κ2) is 7.22. The third-order valence-electron chi connectivity index (χ3n) is 5.79. The van der Waals surface area contributed by atoms with Crippen molar-refractivity contribution in [1.82, 2.24) is 9.13 Å². The van der Waals surface area contributed by atoms with E-state index in [9.17, 15) is 39.9 Å². The Morgan fingerprint density at radius 1 is 0.970 bits per heavy atom. The number of rotatable bonds is 4. The molecule has 178 valence electrons. The summed E-state index contributed by atoms with van der Waals surface area (Å²) in [7, 11) is 0. The lowest BCUT2D eigenvalue weighted by atomic mass is 9.93. The van der Waals surface area contributed by atoms with Crippen molar-refractivity contribution in [1.29, 1.82) is 0 Å². The third-order valence-corrected chi connectivity index (χ3v) is 5.79. The molecule has 0 unspecified atom stereocenters. The number of fused-ring (bicyclic) bond motifs is 1. The SMILES string of the molecule is Cc1cc(Cn2c(=O)n(C3CC3)c3cc(C(F)(C(F)(F)F)C(F)(F)F)c(F)cc32)ccc1N. The molecule has 0 saturated heterocycles. The maximum atomic E-state index is 14.7. The molecule has 0 radical (unpaired) electrons.